The molecule has 0 aliphatic rings. The quantitative estimate of drug-likeness (QED) is 0.299. The van der Waals surface area contributed by atoms with Crippen molar-refractivity contribution in [1.82, 2.24) is 4.90 Å². The normalized spacial score (nSPS) is 11.7. The van der Waals surface area contributed by atoms with Gasteiger partial charge in [0.05, 0.1) is 5.71 Å². The molecule has 0 heterocycles. The monoisotopic (exact) mass is 352 g/mol. The lowest BCUT2D eigenvalue weighted by Crippen LogP contribution is -2.26. The predicted octanol–water partition coefficient (Wildman–Crippen LogP) is 5.16. The number of benzene rings is 2. The van der Waals surface area contributed by atoms with Gasteiger partial charge in [-0.2, -0.15) is 0 Å². The largest absolute Gasteiger partial charge is 0.394 e. The summed E-state index contributed by atoms with van der Waals surface area (Å²) in [4.78, 5) is 7.99. The van der Waals surface area contributed by atoms with Gasteiger partial charge in [-0.15, -0.1) is 0 Å². The number of hydrogen-bond acceptors (Lipinski definition) is 3. The minimum Gasteiger partial charge on any atom is -0.394 e. The summed E-state index contributed by atoms with van der Waals surface area (Å²) in [6.45, 7) is 8.02. The van der Waals surface area contributed by atoms with Crippen molar-refractivity contribution in [2.75, 3.05) is 26.2 Å². The zero-order valence-corrected chi connectivity index (χ0v) is 16.2. The SMILES string of the molecule is CCN(CC)CCON=C(CCCCc1ccccc1)c1ccccc1. The first-order chi connectivity index (χ1) is 12.8. The van der Waals surface area contributed by atoms with Crippen molar-refractivity contribution in [3.8, 4) is 0 Å². The van der Waals surface area contributed by atoms with Crippen molar-refractivity contribution in [2.24, 2.45) is 5.16 Å². The van der Waals surface area contributed by atoms with Crippen molar-refractivity contribution < 1.29 is 4.84 Å². The fourth-order valence-corrected chi connectivity index (χ4v) is 2.97. The second kappa shape index (κ2) is 12.3. The molecule has 0 amide bonds. The van der Waals surface area contributed by atoms with Crippen molar-refractivity contribution in [3.05, 3.63) is 71.8 Å². The van der Waals surface area contributed by atoms with Gasteiger partial charge in [0.1, 0.15) is 6.61 Å². The van der Waals surface area contributed by atoms with Gasteiger partial charge in [0.15, 0.2) is 0 Å². The second-order valence-corrected chi connectivity index (χ2v) is 6.46. The molecule has 0 fully saturated rings. The Morgan fingerprint density at radius 2 is 1.54 bits per heavy atom. The molecule has 140 valence electrons. The first-order valence-corrected chi connectivity index (χ1v) is 9.84. The Kier molecular flexibility index (Phi) is 9.52. The molecule has 0 radical (unpaired) electrons. The van der Waals surface area contributed by atoms with E-state index >= 15 is 0 Å². The lowest BCUT2D eigenvalue weighted by Gasteiger charge is -2.16. The van der Waals surface area contributed by atoms with E-state index < -0.39 is 0 Å². The highest BCUT2D eigenvalue weighted by molar-refractivity contribution is 6.00. The van der Waals surface area contributed by atoms with E-state index in [1.807, 2.05) is 6.07 Å². The Hall–Kier alpha value is -2.13. The number of aryl methyl sites for hydroxylation is 1. The molecular formula is C23H32N2O. The van der Waals surface area contributed by atoms with Crippen LogP contribution in [0.2, 0.25) is 0 Å². The van der Waals surface area contributed by atoms with Gasteiger partial charge < -0.3 is 9.74 Å². The van der Waals surface area contributed by atoms with Gasteiger partial charge in [0.2, 0.25) is 0 Å². The van der Waals surface area contributed by atoms with E-state index in [-0.39, 0.29) is 0 Å². The van der Waals surface area contributed by atoms with E-state index in [9.17, 15) is 0 Å². The summed E-state index contributed by atoms with van der Waals surface area (Å²) in [7, 11) is 0. The Morgan fingerprint density at radius 1 is 0.885 bits per heavy atom. The third kappa shape index (κ3) is 7.40. The Bertz CT molecular complexity index is 621. The summed E-state index contributed by atoms with van der Waals surface area (Å²) in [5.41, 5.74) is 3.62. The average molecular weight is 353 g/mol. The molecule has 2 aromatic carbocycles. The van der Waals surface area contributed by atoms with Crippen LogP contribution in [0.4, 0.5) is 0 Å². The lowest BCUT2D eigenvalue weighted by atomic mass is 10.0. The second-order valence-electron chi connectivity index (χ2n) is 6.46. The van der Waals surface area contributed by atoms with Gasteiger partial charge in [-0.1, -0.05) is 79.7 Å². The molecule has 0 spiro atoms. The Morgan fingerprint density at radius 3 is 2.19 bits per heavy atom. The van der Waals surface area contributed by atoms with Gasteiger partial charge >= 0.3 is 0 Å². The molecule has 26 heavy (non-hydrogen) atoms. The van der Waals surface area contributed by atoms with E-state index in [0.29, 0.717) is 6.61 Å². The molecule has 0 bridgehead atoms. The third-order valence-corrected chi connectivity index (χ3v) is 4.65. The van der Waals surface area contributed by atoms with Crippen LogP contribution in [0.15, 0.2) is 65.8 Å². The molecule has 3 nitrogen and oxygen atoms in total. The molecule has 2 aromatic rings. The van der Waals surface area contributed by atoms with E-state index in [4.69, 9.17) is 4.84 Å². The summed E-state index contributed by atoms with van der Waals surface area (Å²) < 4.78 is 0. The van der Waals surface area contributed by atoms with Crippen LogP contribution in [0.25, 0.3) is 0 Å². The minimum absolute atomic E-state index is 0.641. The standard InChI is InChI=1S/C23H32N2O/c1-3-25(4-2)19-20-26-24-23(22-16-9-6-10-17-22)18-12-11-15-21-13-7-5-8-14-21/h5-10,13-14,16-17H,3-4,11-12,15,18-20H2,1-2H3. The highest BCUT2D eigenvalue weighted by Gasteiger charge is 2.05. The average Bonchev–Trinajstić information content (AvgIpc) is 2.71. The topological polar surface area (TPSA) is 24.8 Å². The molecule has 0 atom stereocenters. The van der Waals surface area contributed by atoms with Crippen LogP contribution in [0.1, 0.15) is 44.2 Å². The van der Waals surface area contributed by atoms with Gasteiger partial charge in [0, 0.05) is 6.54 Å². The molecule has 0 aromatic heterocycles. The van der Waals surface area contributed by atoms with Crippen molar-refractivity contribution in [1.29, 1.82) is 0 Å². The number of nitrogens with zero attached hydrogens (tertiary/aromatic N) is 2. The van der Waals surface area contributed by atoms with Crippen LogP contribution in [-0.4, -0.2) is 36.9 Å². The summed E-state index contributed by atoms with van der Waals surface area (Å²) in [5.74, 6) is 0. The maximum absolute atomic E-state index is 5.65. The van der Waals surface area contributed by atoms with Gasteiger partial charge in [0.25, 0.3) is 0 Å². The Labute approximate surface area is 158 Å². The molecule has 0 unspecified atom stereocenters. The molecule has 0 N–H and O–H groups in total. The molecular weight excluding hydrogens is 320 g/mol. The summed E-state index contributed by atoms with van der Waals surface area (Å²) in [6, 6.07) is 21.1. The van der Waals surface area contributed by atoms with Crippen molar-refractivity contribution in [2.45, 2.75) is 39.5 Å². The zero-order valence-electron chi connectivity index (χ0n) is 16.2. The predicted molar refractivity (Wildman–Crippen MR) is 111 cm³/mol. The molecule has 2 rings (SSSR count). The Balaban J connectivity index is 1.84. The maximum atomic E-state index is 5.65. The number of rotatable bonds is 12. The number of unbranched alkanes of at least 4 members (excludes halogenated alkanes) is 1. The van der Waals surface area contributed by atoms with Gasteiger partial charge in [-0.05, 0) is 49.9 Å². The van der Waals surface area contributed by atoms with Crippen LogP contribution in [0, 0.1) is 0 Å². The molecule has 3 heteroatoms. The van der Waals surface area contributed by atoms with E-state index in [2.05, 4.69) is 78.5 Å². The van der Waals surface area contributed by atoms with Crippen LogP contribution >= 0.6 is 0 Å². The van der Waals surface area contributed by atoms with Crippen molar-refractivity contribution in [3.63, 3.8) is 0 Å². The fraction of sp³-hybridized carbons (Fsp3) is 0.435. The van der Waals surface area contributed by atoms with Crippen LogP contribution in [-0.2, 0) is 11.3 Å². The number of hydrogen-bond donors (Lipinski definition) is 0. The minimum atomic E-state index is 0.641. The third-order valence-electron chi connectivity index (χ3n) is 4.65. The van der Waals surface area contributed by atoms with Crippen molar-refractivity contribution >= 4 is 5.71 Å². The molecule has 0 aliphatic carbocycles. The highest BCUT2D eigenvalue weighted by atomic mass is 16.6. The summed E-state index contributed by atoms with van der Waals surface area (Å²) in [6.07, 6.45) is 4.34. The number of likely N-dealkylation sites (N-methyl/N-ethyl adjacent to an activating group) is 1. The smallest absolute Gasteiger partial charge is 0.129 e. The van der Waals surface area contributed by atoms with Crippen LogP contribution in [0.3, 0.4) is 0 Å². The summed E-state index contributed by atoms with van der Waals surface area (Å²) >= 11 is 0. The number of oxime groups is 1. The fourth-order valence-electron chi connectivity index (χ4n) is 2.97. The van der Waals surface area contributed by atoms with Crippen LogP contribution in [0.5, 0.6) is 0 Å². The molecule has 0 saturated heterocycles. The van der Waals surface area contributed by atoms with Crippen LogP contribution < -0.4 is 0 Å². The van der Waals surface area contributed by atoms with Gasteiger partial charge in [-0.25, -0.2) is 0 Å². The van der Waals surface area contributed by atoms with E-state index in [1.54, 1.807) is 0 Å². The van der Waals surface area contributed by atoms with Gasteiger partial charge in [-0.3, -0.25) is 0 Å². The van der Waals surface area contributed by atoms with E-state index in [1.165, 1.54) is 5.56 Å². The summed E-state index contributed by atoms with van der Waals surface area (Å²) in [5, 5.41) is 4.47. The van der Waals surface area contributed by atoms with E-state index in [0.717, 1.165) is 56.6 Å². The molecule has 0 aliphatic heterocycles. The first kappa shape index (κ1) is 20.2. The lowest BCUT2D eigenvalue weighted by molar-refractivity contribution is 0.114. The first-order valence-electron chi connectivity index (χ1n) is 9.84. The zero-order chi connectivity index (χ0) is 18.5. The molecule has 0 saturated carbocycles. The highest BCUT2D eigenvalue weighted by Crippen LogP contribution is 2.11. The maximum Gasteiger partial charge on any atom is 0.129 e.